The molecule has 1 aliphatic rings. The van der Waals surface area contributed by atoms with Crippen molar-refractivity contribution >= 4 is 0 Å². The fourth-order valence-electron chi connectivity index (χ4n) is 3.37. The molecular weight excluding hydrogens is 250 g/mol. The standard InChI is InChI=1S/C17H19NO2/c1-16(18)10-11-8-14(19)15(20)9-13(11)17(16,2)12-6-4-3-5-7-12/h3-9,19-20H,10,18H2,1-2H3/t16-,17-/m1/s1. The number of hydrogen-bond acceptors (Lipinski definition) is 3. The van der Waals surface area contributed by atoms with E-state index in [4.69, 9.17) is 5.73 Å². The van der Waals surface area contributed by atoms with Gasteiger partial charge in [-0.25, -0.2) is 0 Å². The van der Waals surface area contributed by atoms with Crippen LogP contribution in [0.15, 0.2) is 42.5 Å². The molecule has 2 atom stereocenters. The number of phenolic OH excluding ortho intramolecular Hbond substituents is 2. The lowest BCUT2D eigenvalue weighted by molar-refractivity contribution is 0.334. The van der Waals surface area contributed by atoms with Gasteiger partial charge in [0.25, 0.3) is 0 Å². The van der Waals surface area contributed by atoms with Gasteiger partial charge in [0.2, 0.25) is 0 Å². The molecule has 0 aliphatic heterocycles. The summed E-state index contributed by atoms with van der Waals surface area (Å²) >= 11 is 0. The maximum atomic E-state index is 9.84. The molecule has 3 nitrogen and oxygen atoms in total. The summed E-state index contributed by atoms with van der Waals surface area (Å²) in [5, 5.41) is 19.5. The molecule has 0 fully saturated rings. The summed E-state index contributed by atoms with van der Waals surface area (Å²) in [7, 11) is 0. The predicted molar refractivity (Wildman–Crippen MR) is 79.0 cm³/mol. The van der Waals surface area contributed by atoms with Crippen molar-refractivity contribution in [2.45, 2.75) is 31.2 Å². The van der Waals surface area contributed by atoms with Crippen molar-refractivity contribution in [2.75, 3.05) is 0 Å². The van der Waals surface area contributed by atoms with E-state index in [1.807, 2.05) is 25.1 Å². The minimum absolute atomic E-state index is 0.0862. The summed E-state index contributed by atoms with van der Waals surface area (Å²) < 4.78 is 0. The highest BCUT2D eigenvalue weighted by Crippen LogP contribution is 2.51. The molecule has 2 aromatic carbocycles. The van der Waals surface area contributed by atoms with Gasteiger partial charge in [0.15, 0.2) is 11.5 Å². The second-order valence-electron chi connectivity index (χ2n) is 6.08. The zero-order chi connectivity index (χ0) is 14.5. The third-order valence-electron chi connectivity index (χ3n) is 4.79. The molecule has 4 N–H and O–H groups in total. The summed E-state index contributed by atoms with van der Waals surface area (Å²) in [4.78, 5) is 0. The van der Waals surface area contributed by atoms with E-state index in [-0.39, 0.29) is 11.5 Å². The Bertz CT molecular complexity index is 664. The molecule has 3 rings (SSSR count). The number of fused-ring (bicyclic) bond motifs is 1. The van der Waals surface area contributed by atoms with Gasteiger partial charge in [-0.3, -0.25) is 0 Å². The van der Waals surface area contributed by atoms with Gasteiger partial charge in [-0.2, -0.15) is 0 Å². The van der Waals surface area contributed by atoms with Gasteiger partial charge >= 0.3 is 0 Å². The van der Waals surface area contributed by atoms with E-state index in [0.29, 0.717) is 6.42 Å². The largest absolute Gasteiger partial charge is 0.504 e. The van der Waals surface area contributed by atoms with Crippen molar-refractivity contribution in [1.82, 2.24) is 0 Å². The maximum Gasteiger partial charge on any atom is 0.157 e. The number of aromatic hydroxyl groups is 2. The highest BCUT2D eigenvalue weighted by atomic mass is 16.3. The predicted octanol–water partition coefficient (Wildman–Crippen LogP) is 2.68. The molecule has 0 heterocycles. The normalized spacial score (nSPS) is 28.4. The second kappa shape index (κ2) is 4.00. The average molecular weight is 269 g/mol. The van der Waals surface area contributed by atoms with E-state index in [2.05, 4.69) is 19.1 Å². The molecule has 0 bridgehead atoms. The fraction of sp³-hybridized carbons (Fsp3) is 0.294. The Morgan fingerprint density at radius 3 is 2.25 bits per heavy atom. The van der Waals surface area contributed by atoms with Crippen LogP contribution in [0, 0.1) is 0 Å². The number of phenols is 2. The van der Waals surface area contributed by atoms with E-state index >= 15 is 0 Å². The van der Waals surface area contributed by atoms with Crippen LogP contribution in [0.4, 0.5) is 0 Å². The Balaban J connectivity index is 2.29. The summed E-state index contributed by atoms with van der Waals surface area (Å²) in [6, 6.07) is 13.4. The number of nitrogens with two attached hydrogens (primary N) is 1. The Kier molecular flexibility index (Phi) is 2.60. The zero-order valence-electron chi connectivity index (χ0n) is 11.7. The van der Waals surface area contributed by atoms with Crippen molar-refractivity contribution in [2.24, 2.45) is 5.73 Å². The molecule has 0 aromatic heterocycles. The van der Waals surface area contributed by atoms with Crippen LogP contribution in [0.25, 0.3) is 0 Å². The minimum atomic E-state index is -0.475. The number of benzene rings is 2. The molecule has 0 amide bonds. The van der Waals surface area contributed by atoms with Gasteiger partial charge in [-0.15, -0.1) is 0 Å². The van der Waals surface area contributed by atoms with Crippen LogP contribution in [0.2, 0.25) is 0 Å². The van der Waals surface area contributed by atoms with Crippen molar-refractivity contribution in [3.63, 3.8) is 0 Å². The lowest BCUT2D eigenvalue weighted by Gasteiger charge is -2.39. The first-order valence-electron chi connectivity index (χ1n) is 6.76. The molecular formula is C17H19NO2. The zero-order valence-corrected chi connectivity index (χ0v) is 11.7. The Morgan fingerprint density at radius 1 is 1.00 bits per heavy atom. The van der Waals surface area contributed by atoms with E-state index in [9.17, 15) is 10.2 Å². The van der Waals surface area contributed by atoms with Crippen molar-refractivity contribution in [3.8, 4) is 11.5 Å². The van der Waals surface area contributed by atoms with Gasteiger partial charge < -0.3 is 15.9 Å². The monoisotopic (exact) mass is 269 g/mol. The molecule has 0 radical (unpaired) electrons. The van der Waals surface area contributed by atoms with Crippen LogP contribution in [0.1, 0.15) is 30.5 Å². The molecule has 2 aromatic rings. The van der Waals surface area contributed by atoms with Crippen molar-refractivity contribution in [3.05, 3.63) is 59.2 Å². The topological polar surface area (TPSA) is 66.5 Å². The van der Waals surface area contributed by atoms with E-state index < -0.39 is 11.0 Å². The second-order valence-corrected chi connectivity index (χ2v) is 6.08. The van der Waals surface area contributed by atoms with Crippen LogP contribution < -0.4 is 5.73 Å². The maximum absolute atomic E-state index is 9.84. The molecule has 0 saturated carbocycles. The molecule has 1 aliphatic carbocycles. The number of rotatable bonds is 1. The smallest absolute Gasteiger partial charge is 0.157 e. The highest BCUT2D eigenvalue weighted by Gasteiger charge is 2.51. The number of hydrogen-bond donors (Lipinski definition) is 3. The van der Waals surface area contributed by atoms with Gasteiger partial charge in [0, 0.05) is 11.0 Å². The van der Waals surface area contributed by atoms with Crippen LogP contribution in [0.3, 0.4) is 0 Å². The van der Waals surface area contributed by atoms with Crippen LogP contribution in [0.5, 0.6) is 11.5 Å². The lowest BCUT2D eigenvalue weighted by atomic mass is 9.68. The van der Waals surface area contributed by atoms with E-state index in [1.54, 1.807) is 12.1 Å². The first-order chi connectivity index (χ1) is 9.36. The summed E-state index contributed by atoms with van der Waals surface area (Å²) in [5.41, 5.74) is 8.81. The van der Waals surface area contributed by atoms with Crippen molar-refractivity contribution in [1.29, 1.82) is 0 Å². The van der Waals surface area contributed by atoms with Gasteiger partial charge in [-0.1, -0.05) is 30.3 Å². The third-order valence-corrected chi connectivity index (χ3v) is 4.79. The third kappa shape index (κ3) is 1.56. The van der Waals surface area contributed by atoms with Gasteiger partial charge in [0.05, 0.1) is 0 Å². The SMILES string of the molecule is C[C@@]1(c2ccccc2)c2cc(O)c(O)cc2C[C@@]1(C)N. The summed E-state index contributed by atoms with van der Waals surface area (Å²) in [6.07, 6.45) is 0.668. The molecule has 3 heteroatoms. The Morgan fingerprint density at radius 2 is 1.60 bits per heavy atom. The molecule has 0 unspecified atom stereocenters. The van der Waals surface area contributed by atoms with Gasteiger partial charge in [-0.05, 0) is 49.1 Å². The van der Waals surface area contributed by atoms with Crippen LogP contribution >= 0.6 is 0 Å². The summed E-state index contributed by atoms with van der Waals surface area (Å²) in [6.45, 7) is 4.12. The Labute approximate surface area is 118 Å². The molecule has 0 spiro atoms. The van der Waals surface area contributed by atoms with Crippen LogP contribution in [-0.2, 0) is 11.8 Å². The first kappa shape index (κ1) is 13.0. The highest BCUT2D eigenvalue weighted by molar-refractivity contribution is 5.58. The van der Waals surface area contributed by atoms with Crippen molar-refractivity contribution < 1.29 is 10.2 Å². The average Bonchev–Trinajstić information content (AvgIpc) is 2.60. The lowest BCUT2D eigenvalue weighted by Crippen LogP contribution is -2.52. The molecule has 0 saturated heterocycles. The minimum Gasteiger partial charge on any atom is -0.504 e. The first-order valence-corrected chi connectivity index (χ1v) is 6.76. The van der Waals surface area contributed by atoms with Gasteiger partial charge in [0.1, 0.15) is 0 Å². The Hall–Kier alpha value is -2.00. The molecule has 104 valence electrons. The van der Waals surface area contributed by atoms with E-state index in [1.165, 1.54) is 0 Å². The fourth-order valence-corrected chi connectivity index (χ4v) is 3.37. The van der Waals surface area contributed by atoms with Crippen LogP contribution in [-0.4, -0.2) is 15.8 Å². The van der Waals surface area contributed by atoms with E-state index in [0.717, 1.165) is 16.7 Å². The quantitative estimate of drug-likeness (QED) is 0.697. The summed E-state index contributed by atoms with van der Waals surface area (Å²) in [5.74, 6) is -0.180. The molecule has 20 heavy (non-hydrogen) atoms.